The van der Waals surface area contributed by atoms with Gasteiger partial charge in [0.05, 0.1) is 29.4 Å². The van der Waals surface area contributed by atoms with Crippen LogP contribution in [0.5, 0.6) is 5.75 Å². The highest BCUT2D eigenvalue weighted by atomic mass is 35.6. The van der Waals surface area contributed by atoms with E-state index in [1.54, 1.807) is 18.2 Å². The monoisotopic (exact) mass is 254 g/mol. The Morgan fingerprint density at radius 2 is 1.87 bits per heavy atom. The quantitative estimate of drug-likeness (QED) is 0.554. The summed E-state index contributed by atoms with van der Waals surface area (Å²) in [6, 6.07) is 4.86. The summed E-state index contributed by atoms with van der Waals surface area (Å²) >= 11 is 8.53. The van der Waals surface area contributed by atoms with E-state index in [4.69, 9.17) is 21.3 Å². The van der Waals surface area contributed by atoms with Crippen molar-refractivity contribution >= 4 is 35.1 Å². The first kappa shape index (κ1) is 14.1. The molecule has 0 aromatic heterocycles. The zero-order valence-electron chi connectivity index (χ0n) is 7.98. The molecule has 0 heterocycles. The molecule has 0 fully saturated rings. The first-order valence-electron chi connectivity index (χ1n) is 3.90. The van der Waals surface area contributed by atoms with Gasteiger partial charge in [-0.1, -0.05) is 0 Å². The number of nitrogen functional groups attached to an aromatic ring is 2. The number of hydrogen-bond acceptors (Lipinski definition) is 5. The van der Waals surface area contributed by atoms with E-state index >= 15 is 0 Å². The molecule has 0 saturated heterocycles. The van der Waals surface area contributed by atoms with Gasteiger partial charge >= 0.3 is 0 Å². The van der Waals surface area contributed by atoms with E-state index in [0.717, 1.165) is 0 Å². The molecular weight excluding hydrogens is 243 g/mol. The Balaban J connectivity index is 0.000000583. The minimum Gasteiger partial charge on any atom is -0.463 e. The third kappa shape index (κ3) is 6.24. The number of nitrogens with two attached hydrogens (primary N) is 2. The number of aliphatic hydroxyl groups is 1. The summed E-state index contributed by atoms with van der Waals surface area (Å²) in [4.78, 5) is 0. The minimum absolute atomic E-state index is 0.427. The zero-order chi connectivity index (χ0) is 11.8. The van der Waals surface area contributed by atoms with E-state index in [9.17, 15) is 0 Å². The van der Waals surface area contributed by atoms with Crippen LogP contribution in [0, 0.1) is 0 Å². The van der Waals surface area contributed by atoms with E-state index < -0.39 is 6.29 Å². The molecule has 0 aliphatic heterocycles. The molecular formula is C8H12Cl2N2O3. The van der Waals surface area contributed by atoms with Crippen LogP contribution in [-0.2, 0) is 3.84 Å². The summed E-state index contributed by atoms with van der Waals surface area (Å²) in [5.74, 6) is 0.444. The molecule has 0 amide bonds. The molecule has 0 aliphatic carbocycles. The number of halogens is 2. The number of rotatable bonds is 2. The standard InChI is InChI=1S/C8H12N2O2.Cl2O/c1-5(11)12-8-3-2-6(9)4-7(8)10;1-3-2/h2-5,11H,9-10H2,1H3;. The lowest BCUT2D eigenvalue weighted by molar-refractivity contribution is 0.000283. The maximum atomic E-state index is 8.89. The van der Waals surface area contributed by atoms with Crippen molar-refractivity contribution in [2.24, 2.45) is 0 Å². The van der Waals surface area contributed by atoms with Crippen LogP contribution in [0.3, 0.4) is 0 Å². The van der Waals surface area contributed by atoms with Gasteiger partial charge in [-0.15, -0.1) is 0 Å². The van der Waals surface area contributed by atoms with Gasteiger partial charge in [0.25, 0.3) is 0 Å². The second-order valence-electron chi connectivity index (χ2n) is 2.57. The molecule has 7 heteroatoms. The summed E-state index contributed by atoms with van der Waals surface area (Å²) in [5, 5.41) is 8.89. The molecule has 0 bridgehead atoms. The predicted molar refractivity (Wildman–Crippen MR) is 60.4 cm³/mol. The van der Waals surface area contributed by atoms with Crippen molar-refractivity contribution in [3.8, 4) is 5.75 Å². The number of benzene rings is 1. The maximum Gasteiger partial charge on any atom is 0.194 e. The molecule has 5 nitrogen and oxygen atoms in total. The van der Waals surface area contributed by atoms with Crippen LogP contribution in [0.15, 0.2) is 18.2 Å². The molecule has 0 aliphatic rings. The number of aliphatic hydroxyl groups excluding tert-OH is 1. The van der Waals surface area contributed by atoms with Crippen molar-refractivity contribution in [2.75, 3.05) is 11.5 Å². The van der Waals surface area contributed by atoms with Gasteiger partial charge in [0, 0.05) is 5.69 Å². The summed E-state index contributed by atoms with van der Waals surface area (Å²) in [6.07, 6.45) is -0.865. The number of ether oxygens (including phenoxy) is 1. The van der Waals surface area contributed by atoms with Gasteiger partial charge in [-0.25, -0.2) is 0 Å². The average molecular weight is 255 g/mol. The first-order chi connectivity index (χ1) is 7.01. The summed E-state index contributed by atoms with van der Waals surface area (Å²) in [6.45, 7) is 1.51. The smallest absolute Gasteiger partial charge is 0.194 e. The molecule has 1 aromatic rings. The van der Waals surface area contributed by atoms with Crippen LogP contribution >= 0.6 is 23.7 Å². The summed E-state index contributed by atoms with van der Waals surface area (Å²) < 4.78 is 8.17. The van der Waals surface area contributed by atoms with Gasteiger partial charge in [0.1, 0.15) is 5.75 Å². The highest BCUT2D eigenvalue weighted by Gasteiger charge is 2.02. The van der Waals surface area contributed by atoms with E-state index in [1.165, 1.54) is 6.92 Å². The van der Waals surface area contributed by atoms with Crippen molar-refractivity contribution in [1.29, 1.82) is 0 Å². The molecule has 1 unspecified atom stereocenters. The van der Waals surface area contributed by atoms with Crippen LogP contribution in [0.1, 0.15) is 6.92 Å². The van der Waals surface area contributed by atoms with Crippen molar-refractivity contribution in [1.82, 2.24) is 0 Å². The molecule has 1 rings (SSSR count). The molecule has 0 spiro atoms. The van der Waals surface area contributed by atoms with Crippen LogP contribution in [0.25, 0.3) is 0 Å². The van der Waals surface area contributed by atoms with Crippen molar-refractivity contribution < 1.29 is 13.7 Å². The Morgan fingerprint density at radius 3 is 2.27 bits per heavy atom. The lowest BCUT2D eigenvalue weighted by Gasteiger charge is -2.10. The Hall–Kier alpha value is -0.880. The fourth-order valence-electron chi connectivity index (χ4n) is 0.858. The lowest BCUT2D eigenvalue weighted by atomic mass is 10.2. The van der Waals surface area contributed by atoms with Crippen LogP contribution < -0.4 is 16.2 Å². The normalized spacial score (nSPS) is 11.2. The van der Waals surface area contributed by atoms with Gasteiger partial charge in [-0.05, 0) is 25.1 Å². The number of anilines is 2. The fraction of sp³-hybridized carbons (Fsp3) is 0.250. The number of hydrogen-bond donors (Lipinski definition) is 3. The van der Waals surface area contributed by atoms with Gasteiger partial charge in [0.2, 0.25) is 0 Å². The second kappa shape index (κ2) is 7.42. The van der Waals surface area contributed by atoms with Crippen LogP contribution in [-0.4, -0.2) is 11.4 Å². The van der Waals surface area contributed by atoms with Gasteiger partial charge < -0.3 is 21.3 Å². The molecule has 0 radical (unpaired) electrons. The van der Waals surface area contributed by atoms with Gasteiger partial charge in [-0.2, -0.15) is 3.84 Å². The third-order valence-corrected chi connectivity index (χ3v) is 1.33. The van der Waals surface area contributed by atoms with Crippen molar-refractivity contribution in [3.05, 3.63) is 18.2 Å². The van der Waals surface area contributed by atoms with Crippen LogP contribution in [0.4, 0.5) is 11.4 Å². The average Bonchev–Trinajstić information content (AvgIpc) is 2.11. The molecule has 15 heavy (non-hydrogen) atoms. The van der Waals surface area contributed by atoms with E-state index in [2.05, 4.69) is 27.6 Å². The Morgan fingerprint density at radius 1 is 1.33 bits per heavy atom. The SMILES string of the molecule is CC(O)Oc1ccc(N)cc1N.ClOCl. The summed E-state index contributed by atoms with van der Waals surface area (Å²) in [7, 11) is 0. The minimum atomic E-state index is -0.865. The molecule has 0 saturated carbocycles. The summed E-state index contributed by atoms with van der Waals surface area (Å²) in [5.41, 5.74) is 12.0. The second-order valence-corrected chi connectivity index (χ2v) is 3.04. The molecule has 1 aromatic carbocycles. The maximum absolute atomic E-state index is 8.89. The van der Waals surface area contributed by atoms with Crippen molar-refractivity contribution in [2.45, 2.75) is 13.2 Å². The zero-order valence-corrected chi connectivity index (χ0v) is 9.50. The largest absolute Gasteiger partial charge is 0.463 e. The first-order valence-corrected chi connectivity index (χ1v) is 4.52. The van der Waals surface area contributed by atoms with E-state index in [0.29, 0.717) is 17.1 Å². The Kier molecular flexibility index (Phi) is 6.98. The fourth-order valence-corrected chi connectivity index (χ4v) is 0.858. The highest BCUT2D eigenvalue weighted by Crippen LogP contribution is 2.23. The molecule has 1 atom stereocenters. The topological polar surface area (TPSA) is 90.7 Å². The van der Waals surface area contributed by atoms with Gasteiger partial charge in [0.15, 0.2) is 6.29 Å². The Bertz CT molecular complexity index is 297. The Labute approximate surface area is 97.8 Å². The van der Waals surface area contributed by atoms with Crippen molar-refractivity contribution in [3.63, 3.8) is 0 Å². The lowest BCUT2D eigenvalue weighted by Crippen LogP contribution is -2.10. The highest BCUT2D eigenvalue weighted by molar-refractivity contribution is 6.24. The van der Waals surface area contributed by atoms with Gasteiger partial charge in [-0.3, -0.25) is 0 Å². The van der Waals surface area contributed by atoms with E-state index in [-0.39, 0.29) is 0 Å². The predicted octanol–water partition coefficient (Wildman–Crippen LogP) is 1.88. The van der Waals surface area contributed by atoms with E-state index in [1.807, 2.05) is 0 Å². The molecule has 86 valence electrons. The third-order valence-electron chi connectivity index (χ3n) is 1.33. The van der Waals surface area contributed by atoms with Crippen LogP contribution in [0.2, 0.25) is 0 Å². The molecule has 5 N–H and O–H groups in total.